The highest BCUT2D eigenvalue weighted by molar-refractivity contribution is 9.10. The van der Waals surface area contributed by atoms with Gasteiger partial charge in [0, 0.05) is 10.5 Å². The monoisotopic (exact) mass is 347 g/mol. The van der Waals surface area contributed by atoms with Crippen molar-refractivity contribution in [2.24, 2.45) is 0 Å². The van der Waals surface area contributed by atoms with Crippen molar-refractivity contribution in [3.05, 3.63) is 57.6 Å². The van der Waals surface area contributed by atoms with Crippen molar-refractivity contribution >= 4 is 15.9 Å². The maximum absolute atomic E-state index is 5.95. The molecule has 0 aliphatic carbocycles. The molecule has 0 radical (unpaired) electrons. The van der Waals surface area contributed by atoms with Crippen LogP contribution in [0, 0.1) is 13.8 Å². The van der Waals surface area contributed by atoms with E-state index in [9.17, 15) is 0 Å². The lowest BCUT2D eigenvalue weighted by atomic mass is 10.1. The normalized spacial score (nSPS) is 12.2. The average molecular weight is 348 g/mol. The number of hydrogen-bond donors (Lipinski definition) is 1. The van der Waals surface area contributed by atoms with Gasteiger partial charge in [-0.2, -0.15) is 0 Å². The van der Waals surface area contributed by atoms with Crippen molar-refractivity contribution in [3.63, 3.8) is 0 Å². The lowest BCUT2D eigenvalue weighted by Crippen LogP contribution is -2.17. The van der Waals surface area contributed by atoms with Gasteiger partial charge in [-0.3, -0.25) is 0 Å². The molecule has 0 bridgehead atoms. The average Bonchev–Trinajstić information content (AvgIpc) is 2.45. The minimum atomic E-state index is 0.362. The minimum Gasteiger partial charge on any atom is -0.457 e. The Kier molecular flexibility index (Phi) is 5.43. The van der Waals surface area contributed by atoms with Gasteiger partial charge in [0.15, 0.2) is 0 Å². The summed E-state index contributed by atoms with van der Waals surface area (Å²) in [5.41, 5.74) is 3.64. The van der Waals surface area contributed by atoms with E-state index in [-0.39, 0.29) is 0 Å². The van der Waals surface area contributed by atoms with Crippen LogP contribution in [0.1, 0.15) is 36.6 Å². The van der Waals surface area contributed by atoms with E-state index in [4.69, 9.17) is 4.74 Å². The molecule has 0 saturated heterocycles. The molecule has 0 fully saturated rings. The quantitative estimate of drug-likeness (QED) is 0.767. The summed E-state index contributed by atoms with van der Waals surface area (Å²) in [5.74, 6) is 1.74. The molecule has 0 heterocycles. The van der Waals surface area contributed by atoms with Gasteiger partial charge in [-0.1, -0.05) is 35.0 Å². The summed E-state index contributed by atoms with van der Waals surface area (Å²) in [6, 6.07) is 12.7. The van der Waals surface area contributed by atoms with Crippen molar-refractivity contribution in [1.29, 1.82) is 0 Å². The second-order valence-electron chi connectivity index (χ2n) is 5.32. The van der Waals surface area contributed by atoms with Gasteiger partial charge < -0.3 is 10.1 Å². The molecule has 112 valence electrons. The van der Waals surface area contributed by atoms with Gasteiger partial charge in [0.2, 0.25) is 0 Å². The van der Waals surface area contributed by atoms with E-state index in [1.807, 2.05) is 24.3 Å². The predicted octanol–water partition coefficient (Wildman–Crippen LogP) is 5.53. The number of hydrogen-bond acceptors (Lipinski definition) is 2. The molecule has 0 aliphatic rings. The van der Waals surface area contributed by atoms with Crippen LogP contribution >= 0.6 is 15.9 Å². The molecule has 0 amide bonds. The van der Waals surface area contributed by atoms with Crippen LogP contribution in [0.5, 0.6) is 11.5 Å². The van der Waals surface area contributed by atoms with E-state index in [0.717, 1.165) is 22.5 Å². The number of rotatable bonds is 5. The second-order valence-corrected chi connectivity index (χ2v) is 6.11. The van der Waals surface area contributed by atoms with E-state index < -0.39 is 0 Å². The lowest BCUT2D eigenvalue weighted by Gasteiger charge is -2.14. The highest BCUT2D eigenvalue weighted by Gasteiger charge is 2.06. The molecule has 3 heteroatoms. The molecule has 1 atom stereocenters. The molecule has 21 heavy (non-hydrogen) atoms. The van der Waals surface area contributed by atoms with Crippen LogP contribution in [0.4, 0.5) is 0 Å². The van der Waals surface area contributed by atoms with Gasteiger partial charge in [0.05, 0.1) is 0 Å². The molecular weight excluding hydrogens is 326 g/mol. The Balaban J connectivity index is 2.13. The predicted molar refractivity (Wildman–Crippen MR) is 92.2 cm³/mol. The SMILES string of the molecule is CCNC(C)c1ccc(Oc2cc(C)c(Br)c(C)c2)cc1. The zero-order chi connectivity index (χ0) is 15.4. The number of ether oxygens (including phenoxy) is 1. The fourth-order valence-corrected chi connectivity index (χ4v) is 2.58. The van der Waals surface area contributed by atoms with E-state index in [1.165, 1.54) is 16.7 Å². The first-order valence-corrected chi connectivity index (χ1v) is 8.08. The van der Waals surface area contributed by atoms with Crippen LogP contribution in [-0.4, -0.2) is 6.54 Å². The zero-order valence-electron chi connectivity index (χ0n) is 13.0. The first-order chi connectivity index (χ1) is 10.0. The molecule has 2 rings (SSSR count). The van der Waals surface area contributed by atoms with Crippen molar-refractivity contribution in [3.8, 4) is 11.5 Å². The highest BCUT2D eigenvalue weighted by atomic mass is 79.9. The summed E-state index contributed by atoms with van der Waals surface area (Å²) < 4.78 is 7.09. The van der Waals surface area contributed by atoms with Crippen LogP contribution in [0.3, 0.4) is 0 Å². The molecular formula is C18H22BrNO. The van der Waals surface area contributed by atoms with Crippen molar-refractivity contribution in [1.82, 2.24) is 5.32 Å². The summed E-state index contributed by atoms with van der Waals surface area (Å²) in [6.45, 7) is 9.40. The fraction of sp³-hybridized carbons (Fsp3) is 0.333. The molecule has 1 N–H and O–H groups in total. The van der Waals surface area contributed by atoms with Gasteiger partial charge >= 0.3 is 0 Å². The Morgan fingerprint density at radius 1 is 1.05 bits per heavy atom. The maximum atomic E-state index is 5.95. The third-order valence-electron chi connectivity index (χ3n) is 3.54. The largest absolute Gasteiger partial charge is 0.457 e. The topological polar surface area (TPSA) is 21.3 Å². The van der Waals surface area contributed by atoms with E-state index in [2.05, 4.69) is 61.1 Å². The second kappa shape index (κ2) is 7.10. The molecule has 0 spiro atoms. The maximum Gasteiger partial charge on any atom is 0.128 e. The molecule has 2 aromatic rings. The van der Waals surface area contributed by atoms with E-state index >= 15 is 0 Å². The van der Waals surface area contributed by atoms with E-state index in [1.54, 1.807) is 0 Å². The third kappa shape index (κ3) is 4.08. The zero-order valence-corrected chi connectivity index (χ0v) is 14.6. The molecule has 0 aliphatic heterocycles. The lowest BCUT2D eigenvalue weighted by molar-refractivity contribution is 0.481. The van der Waals surface area contributed by atoms with Crippen LogP contribution < -0.4 is 10.1 Å². The molecule has 0 saturated carbocycles. The third-order valence-corrected chi connectivity index (χ3v) is 4.79. The summed E-state index contributed by atoms with van der Waals surface area (Å²) in [6.07, 6.45) is 0. The Hall–Kier alpha value is -1.32. The van der Waals surface area contributed by atoms with Gasteiger partial charge in [-0.25, -0.2) is 0 Å². The van der Waals surface area contributed by atoms with Crippen LogP contribution in [-0.2, 0) is 0 Å². The number of benzene rings is 2. The van der Waals surface area contributed by atoms with Crippen molar-refractivity contribution in [2.45, 2.75) is 33.7 Å². The summed E-state index contributed by atoms with van der Waals surface area (Å²) in [4.78, 5) is 0. The number of halogens is 1. The van der Waals surface area contributed by atoms with Crippen molar-refractivity contribution in [2.75, 3.05) is 6.54 Å². The minimum absolute atomic E-state index is 0.362. The standard InChI is InChI=1S/C18H22BrNO/c1-5-20-14(4)15-6-8-16(9-7-15)21-17-10-12(2)18(19)13(3)11-17/h6-11,14,20H,5H2,1-4H3. The Morgan fingerprint density at radius 3 is 2.14 bits per heavy atom. The van der Waals surface area contributed by atoms with Crippen LogP contribution in [0.2, 0.25) is 0 Å². The smallest absolute Gasteiger partial charge is 0.128 e. The van der Waals surface area contributed by atoms with Gasteiger partial charge in [-0.15, -0.1) is 0 Å². The van der Waals surface area contributed by atoms with Crippen molar-refractivity contribution < 1.29 is 4.74 Å². The molecule has 0 aromatic heterocycles. The van der Waals surface area contributed by atoms with E-state index in [0.29, 0.717) is 6.04 Å². The molecule has 2 aromatic carbocycles. The van der Waals surface area contributed by atoms with Gasteiger partial charge in [0.1, 0.15) is 11.5 Å². The summed E-state index contributed by atoms with van der Waals surface area (Å²) >= 11 is 3.58. The van der Waals surface area contributed by atoms with Gasteiger partial charge in [-0.05, 0) is 68.3 Å². The summed E-state index contributed by atoms with van der Waals surface area (Å²) in [5, 5.41) is 3.41. The molecule has 2 nitrogen and oxygen atoms in total. The fourth-order valence-electron chi connectivity index (χ4n) is 2.35. The Labute approximate surface area is 135 Å². The molecule has 1 unspecified atom stereocenters. The Bertz CT molecular complexity index is 584. The summed E-state index contributed by atoms with van der Waals surface area (Å²) in [7, 11) is 0. The van der Waals surface area contributed by atoms with Crippen LogP contribution in [0.15, 0.2) is 40.9 Å². The number of nitrogens with one attached hydrogen (secondary N) is 1. The number of aryl methyl sites for hydroxylation is 2. The van der Waals surface area contributed by atoms with Crippen LogP contribution in [0.25, 0.3) is 0 Å². The first kappa shape index (κ1) is 16.1. The van der Waals surface area contributed by atoms with Gasteiger partial charge in [0.25, 0.3) is 0 Å². The highest BCUT2D eigenvalue weighted by Crippen LogP contribution is 2.29. The Morgan fingerprint density at radius 2 is 1.62 bits per heavy atom. The first-order valence-electron chi connectivity index (χ1n) is 7.29.